The molecule has 0 bridgehead atoms. The Morgan fingerprint density at radius 1 is 0.810 bits per heavy atom. The third kappa shape index (κ3) is 7.56. The zero-order valence-corrected chi connectivity index (χ0v) is 33.3. The summed E-state index contributed by atoms with van der Waals surface area (Å²) in [6.45, 7) is 5.62. The molecule has 5 fully saturated rings. The van der Waals surface area contributed by atoms with Crippen LogP contribution in [-0.2, 0) is 19.8 Å². The second kappa shape index (κ2) is 16.2. The maximum absolute atomic E-state index is 14.7. The smallest absolute Gasteiger partial charge is 0.234 e. The summed E-state index contributed by atoms with van der Waals surface area (Å²) in [4.78, 5) is 46.2. The quantitative estimate of drug-likeness (QED) is 0.167. The van der Waals surface area contributed by atoms with E-state index in [-0.39, 0.29) is 41.0 Å². The first-order valence-electron chi connectivity index (χ1n) is 21.4. The van der Waals surface area contributed by atoms with Gasteiger partial charge in [-0.25, -0.2) is 0 Å². The molecule has 1 saturated carbocycles. The van der Waals surface area contributed by atoms with Crippen molar-refractivity contribution in [2.75, 3.05) is 49.1 Å². The van der Waals surface area contributed by atoms with Crippen LogP contribution in [0.15, 0.2) is 91.1 Å². The number of aromatic hydroxyl groups is 1. The summed E-state index contributed by atoms with van der Waals surface area (Å²) in [6.07, 6.45) is 12.1. The molecule has 1 aliphatic carbocycles. The molecule has 11 nitrogen and oxygen atoms in total. The maximum Gasteiger partial charge on any atom is 0.234 e. The van der Waals surface area contributed by atoms with Crippen LogP contribution in [0.3, 0.4) is 0 Å². The van der Waals surface area contributed by atoms with Crippen molar-refractivity contribution >= 4 is 29.1 Å². The average Bonchev–Trinajstić information content (AvgIpc) is 3.24. The number of amides is 3. The first-order chi connectivity index (χ1) is 28.3. The van der Waals surface area contributed by atoms with E-state index in [4.69, 9.17) is 0 Å². The standard InChI is InChI=1S/C47H55N7O4/c55-42-10-5-4-9-40(42)41-29-38(31-48-51-41)53-27-22-47(23-28-53,35-7-2-1-3-8-35)45(58)49-36-19-26-54(46(30-36)20-6-21-46)32-33-17-24-52(25-18-33)37-13-11-34(12-14-37)39-15-16-43(56)50-44(39)57/h1-5,7-14,29,31,33,36,39,55H,6,15-28,30,32H2,(H,49,58)(H,50,56,57)/t36-,39-/m1/s1. The van der Waals surface area contributed by atoms with Crippen molar-refractivity contribution in [3.05, 3.63) is 102 Å². The summed E-state index contributed by atoms with van der Waals surface area (Å²) in [5.41, 5.74) is 5.07. The number of carbonyl (C=O) groups excluding carboxylic acids is 3. The highest BCUT2D eigenvalue weighted by atomic mass is 16.3. The van der Waals surface area contributed by atoms with Gasteiger partial charge >= 0.3 is 0 Å². The van der Waals surface area contributed by atoms with Crippen LogP contribution in [0.5, 0.6) is 5.75 Å². The fourth-order valence-electron chi connectivity index (χ4n) is 10.6. The number of phenols is 1. The number of hydrogen-bond acceptors (Lipinski definition) is 9. The van der Waals surface area contributed by atoms with E-state index in [0.29, 0.717) is 55.9 Å². The molecule has 3 aromatic carbocycles. The Morgan fingerprint density at radius 2 is 1.53 bits per heavy atom. The Balaban J connectivity index is 0.809. The van der Waals surface area contributed by atoms with E-state index < -0.39 is 5.41 Å². The molecule has 3 N–H and O–H groups in total. The average molecular weight is 782 g/mol. The van der Waals surface area contributed by atoms with Gasteiger partial charge < -0.3 is 20.2 Å². The van der Waals surface area contributed by atoms with Gasteiger partial charge in [0, 0.05) is 68.5 Å². The number of carbonyl (C=O) groups is 3. The van der Waals surface area contributed by atoms with E-state index in [2.05, 4.69) is 71.9 Å². The molecule has 302 valence electrons. The van der Waals surface area contributed by atoms with Gasteiger partial charge in [-0.15, -0.1) is 0 Å². The number of para-hydroxylation sites is 1. The van der Waals surface area contributed by atoms with Gasteiger partial charge in [-0.3, -0.25) is 24.6 Å². The van der Waals surface area contributed by atoms with Crippen molar-refractivity contribution in [3.8, 4) is 17.0 Å². The topological polar surface area (TPSA) is 131 Å². The summed E-state index contributed by atoms with van der Waals surface area (Å²) in [6, 6.07) is 28.1. The molecule has 3 amide bonds. The predicted octanol–water partition coefficient (Wildman–Crippen LogP) is 6.33. The molecule has 1 aromatic heterocycles. The number of phenolic OH excluding ortho intramolecular Hbond substituents is 1. The summed E-state index contributed by atoms with van der Waals surface area (Å²) in [5.74, 6) is 0.376. The summed E-state index contributed by atoms with van der Waals surface area (Å²) in [7, 11) is 0. The zero-order valence-electron chi connectivity index (χ0n) is 33.3. The molecule has 5 heterocycles. The zero-order chi connectivity index (χ0) is 39.7. The molecule has 4 saturated heterocycles. The van der Waals surface area contributed by atoms with Crippen LogP contribution in [0.4, 0.5) is 11.4 Å². The van der Waals surface area contributed by atoms with Crippen LogP contribution in [0.2, 0.25) is 0 Å². The van der Waals surface area contributed by atoms with E-state index in [9.17, 15) is 19.5 Å². The van der Waals surface area contributed by atoms with E-state index in [0.717, 1.165) is 68.7 Å². The van der Waals surface area contributed by atoms with Crippen LogP contribution in [0.1, 0.15) is 87.7 Å². The lowest BCUT2D eigenvalue weighted by Gasteiger charge is -2.56. The Hall–Kier alpha value is -5.29. The number of imide groups is 1. The number of nitrogens with zero attached hydrogens (tertiary/aromatic N) is 5. The largest absolute Gasteiger partial charge is 0.507 e. The van der Waals surface area contributed by atoms with Gasteiger partial charge in [0.05, 0.1) is 28.9 Å². The molecular weight excluding hydrogens is 727 g/mol. The van der Waals surface area contributed by atoms with Crippen LogP contribution in [-0.4, -0.2) is 88.8 Å². The van der Waals surface area contributed by atoms with Gasteiger partial charge in [0.25, 0.3) is 0 Å². The van der Waals surface area contributed by atoms with Crippen molar-refractivity contribution in [3.63, 3.8) is 0 Å². The molecule has 58 heavy (non-hydrogen) atoms. The molecule has 9 rings (SSSR count). The number of likely N-dealkylation sites (tertiary alicyclic amines) is 1. The number of hydrogen-bond donors (Lipinski definition) is 3. The minimum Gasteiger partial charge on any atom is -0.507 e. The fourth-order valence-corrected chi connectivity index (χ4v) is 10.6. The van der Waals surface area contributed by atoms with E-state index in [1.807, 2.05) is 36.4 Å². The number of benzene rings is 3. The third-order valence-electron chi connectivity index (χ3n) is 14.2. The number of anilines is 2. The summed E-state index contributed by atoms with van der Waals surface area (Å²) in [5, 5.41) is 25.2. The highest BCUT2D eigenvalue weighted by molar-refractivity contribution is 6.01. The van der Waals surface area contributed by atoms with Crippen LogP contribution >= 0.6 is 0 Å². The van der Waals surface area contributed by atoms with Crippen LogP contribution in [0, 0.1) is 5.92 Å². The molecule has 4 aromatic rings. The van der Waals surface area contributed by atoms with Gasteiger partial charge in [0.15, 0.2) is 0 Å². The molecule has 2 atom stereocenters. The van der Waals surface area contributed by atoms with Gasteiger partial charge in [-0.05, 0) is 112 Å². The molecule has 0 unspecified atom stereocenters. The van der Waals surface area contributed by atoms with Crippen molar-refractivity contribution in [2.45, 2.75) is 93.5 Å². The molecule has 11 heteroatoms. The van der Waals surface area contributed by atoms with Crippen LogP contribution < -0.4 is 20.4 Å². The molecular formula is C47H55N7O4. The van der Waals surface area contributed by atoms with Gasteiger partial charge in [0.1, 0.15) is 5.75 Å². The van der Waals surface area contributed by atoms with Gasteiger partial charge in [-0.2, -0.15) is 10.2 Å². The number of nitrogens with one attached hydrogen (secondary N) is 2. The second-order valence-corrected chi connectivity index (χ2v) is 17.5. The normalized spacial score (nSPS) is 23.6. The molecule has 4 aliphatic heterocycles. The molecule has 0 radical (unpaired) electrons. The third-order valence-corrected chi connectivity index (χ3v) is 14.2. The lowest BCUT2D eigenvalue weighted by molar-refractivity contribution is -0.134. The lowest BCUT2D eigenvalue weighted by atomic mass is 9.67. The Kier molecular flexibility index (Phi) is 10.7. The summed E-state index contributed by atoms with van der Waals surface area (Å²) < 4.78 is 0. The van der Waals surface area contributed by atoms with Gasteiger partial charge in [0.2, 0.25) is 17.7 Å². The second-order valence-electron chi connectivity index (χ2n) is 17.5. The number of piperidine rings is 4. The van der Waals surface area contributed by atoms with Crippen LogP contribution in [0.25, 0.3) is 11.3 Å². The first-order valence-corrected chi connectivity index (χ1v) is 21.4. The van der Waals surface area contributed by atoms with E-state index in [1.54, 1.807) is 18.3 Å². The van der Waals surface area contributed by atoms with E-state index >= 15 is 0 Å². The van der Waals surface area contributed by atoms with Crippen molar-refractivity contribution in [1.82, 2.24) is 25.7 Å². The highest BCUT2D eigenvalue weighted by Crippen LogP contribution is 2.46. The Morgan fingerprint density at radius 3 is 2.24 bits per heavy atom. The Bertz CT molecular complexity index is 2110. The maximum atomic E-state index is 14.7. The minimum atomic E-state index is -0.609. The minimum absolute atomic E-state index is 0.159. The number of aromatic nitrogens is 2. The van der Waals surface area contributed by atoms with Crippen molar-refractivity contribution in [1.29, 1.82) is 0 Å². The lowest BCUT2D eigenvalue weighted by Crippen LogP contribution is -2.64. The van der Waals surface area contributed by atoms with Crippen molar-refractivity contribution in [2.24, 2.45) is 5.92 Å². The monoisotopic (exact) mass is 781 g/mol. The fraction of sp³-hybridized carbons (Fsp3) is 0.468. The molecule has 5 aliphatic rings. The van der Waals surface area contributed by atoms with E-state index in [1.165, 1.54) is 24.9 Å². The SMILES string of the molecule is O=C1CC[C@H](c2ccc(N3CCC(CN4CC[C@@H](NC(=O)C5(c6ccccc6)CCN(c6cnnc(-c7ccccc7O)c6)CC5)CC45CCC5)CC3)cc2)C(=O)N1. The first kappa shape index (κ1) is 38.2. The Labute approximate surface area is 341 Å². The highest BCUT2D eigenvalue weighted by Gasteiger charge is 2.49. The predicted molar refractivity (Wildman–Crippen MR) is 225 cm³/mol. The van der Waals surface area contributed by atoms with Crippen molar-refractivity contribution < 1.29 is 19.5 Å². The molecule has 1 spiro atoms. The van der Waals surface area contributed by atoms with Gasteiger partial charge in [-0.1, -0.05) is 54.6 Å². The summed E-state index contributed by atoms with van der Waals surface area (Å²) >= 11 is 0. The number of rotatable bonds is 9.